The molecule has 2 aromatic carbocycles. The molecule has 5 nitrogen and oxygen atoms in total. The van der Waals surface area contributed by atoms with Crippen LogP contribution in [0.5, 0.6) is 5.75 Å². The van der Waals surface area contributed by atoms with Gasteiger partial charge in [0.05, 0.1) is 12.5 Å². The second-order valence-electron chi connectivity index (χ2n) is 5.96. The number of benzene rings is 2. The van der Waals surface area contributed by atoms with E-state index < -0.39 is 11.7 Å². The van der Waals surface area contributed by atoms with Gasteiger partial charge in [-0.1, -0.05) is 24.3 Å². The Hall–Kier alpha value is -2.89. The molecule has 0 radical (unpaired) electrons. The number of amides is 2. The Balaban J connectivity index is 1.65. The van der Waals surface area contributed by atoms with Crippen molar-refractivity contribution in [2.45, 2.75) is 12.3 Å². The monoisotopic (exact) mass is 342 g/mol. The Bertz CT molecular complexity index is 779. The summed E-state index contributed by atoms with van der Waals surface area (Å²) in [6.45, 7) is 0.740. The number of rotatable bonds is 5. The van der Waals surface area contributed by atoms with Gasteiger partial charge in [-0.3, -0.25) is 9.59 Å². The molecule has 2 amide bonds. The number of para-hydroxylation sites is 1. The van der Waals surface area contributed by atoms with Crippen molar-refractivity contribution in [3.05, 3.63) is 59.9 Å². The van der Waals surface area contributed by atoms with E-state index in [-0.39, 0.29) is 18.2 Å². The highest BCUT2D eigenvalue weighted by molar-refractivity contribution is 6.01. The van der Waals surface area contributed by atoms with Gasteiger partial charge < -0.3 is 15.0 Å². The highest BCUT2D eigenvalue weighted by atomic mass is 19.1. The first kappa shape index (κ1) is 17.0. The van der Waals surface area contributed by atoms with Gasteiger partial charge in [0.25, 0.3) is 0 Å². The fraction of sp³-hybridized carbons (Fsp3) is 0.263. The molecule has 130 valence electrons. The van der Waals surface area contributed by atoms with Gasteiger partial charge in [0.1, 0.15) is 18.2 Å². The lowest BCUT2D eigenvalue weighted by molar-refractivity contribution is -0.134. The summed E-state index contributed by atoms with van der Waals surface area (Å²) in [5, 5.41) is 2.61. The number of carbonyl (C=O) groups is 2. The second-order valence-corrected chi connectivity index (χ2v) is 5.96. The fourth-order valence-electron chi connectivity index (χ4n) is 2.85. The summed E-state index contributed by atoms with van der Waals surface area (Å²) in [5.74, 6) is -0.784. The molecule has 1 heterocycles. The van der Waals surface area contributed by atoms with Gasteiger partial charge in [0.2, 0.25) is 11.8 Å². The summed E-state index contributed by atoms with van der Waals surface area (Å²) >= 11 is 0. The Kier molecular flexibility index (Phi) is 4.97. The normalized spacial score (nSPS) is 15.9. The van der Waals surface area contributed by atoms with Crippen LogP contribution in [0.15, 0.2) is 48.5 Å². The highest BCUT2D eigenvalue weighted by Crippen LogP contribution is 2.33. The molecule has 1 N–H and O–H groups in total. The predicted molar refractivity (Wildman–Crippen MR) is 92.0 cm³/mol. The van der Waals surface area contributed by atoms with E-state index in [1.807, 2.05) is 30.3 Å². The summed E-state index contributed by atoms with van der Waals surface area (Å²) < 4.78 is 19.0. The summed E-state index contributed by atoms with van der Waals surface area (Å²) in [6, 6.07) is 13.4. The first-order valence-electron chi connectivity index (χ1n) is 8.06. The molecule has 0 saturated carbocycles. The number of hydrogen-bond acceptors (Lipinski definition) is 3. The van der Waals surface area contributed by atoms with Gasteiger partial charge >= 0.3 is 0 Å². The van der Waals surface area contributed by atoms with E-state index in [9.17, 15) is 14.0 Å². The smallest absolute Gasteiger partial charge is 0.230 e. The molecule has 0 saturated heterocycles. The maximum atomic E-state index is 13.4. The van der Waals surface area contributed by atoms with Crippen molar-refractivity contribution in [1.82, 2.24) is 4.90 Å². The molecule has 0 aromatic heterocycles. The molecule has 0 unspecified atom stereocenters. The lowest BCUT2D eigenvalue weighted by atomic mass is 9.89. The minimum Gasteiger partial charge on any atom is -0.492 e. The number of ether oxygens (including phenoxy) is 1. The van der Waals surface area contributed by atoms with Crippen molar-refractivity contribution in [3.63, 3.8) is 0 Å². The highest BCUT2D eigenvalue weighted by Gasteiger charge is 2.32. The molecule has 0 aliphatic carbocycles. The number of halogens is 1. The molecular formula is C19H19FN2O3. The number of anilines is 1. The van der Waals surface area contributed by atoms with Gasteiger partial charge in [-0.25, -0.2) is 4.39 Å². The number of hydrogen-bond donors (Lipinski definition) is 1. The third-order valence-corrected chi connectivity index (χ3v) is 4.17. The van der Waals surface area contributed by atoms with Crippen LogP contribution in [0.4, 0.5) is 10.1 Å². The minimum atomic E-state index is -0.605. The van der Waals surface area contributed by atoms with E-state index in [1.165, 1.54) is 12.1 Å². The lowest BCUT2D eigenvalue weighted by Crippen LogP contribution is -2.38. The molecule has 0 spiro atoms. The molecule has 3 rings (SSSR count). The quantitative estimate of drug-likeness (QED) is 0.909. The second kappa shape index (κ2) is 7.34. The van der Waals surface area contributed by atoms with Crippen molar-refractivity contribution in [2.75, 3.05) is 25.5 Å². The van der Waals surface area contributed by atoms with Crippen LogP contribution in [0.1, 0.15) is 17.9 Å². The Morgan fingerprint density at radius 2 is 2.04 bits per heavy atom. The van der Waals surface area contributed by atoms with E-state index in [1.54, 1.807) is 18.0 Å². The van der Waals surface area contributed by atoms with Crippen LogP contribution < -0.4 is 10.1 Å². The van der Waals surface area contributed by atoms with E-state index in [0.29, 0.717) is 24.4 Å². The Morgan fingerprint density at radius 1 is 1.28 bits per heavy atom. The molecule has 2 aromatic rings. The Morgan fingerprint density at radius 3 is 2.80 bits per heavy atom. The summed E-state index contributed by atoms with van der Waals surface area (Å²) in [7, 11) is 1.67. The molecule has 0 bridgehead atoms. The average molecular weight is 342 g/mol. The van der Waals surface area contributed by atoms with Crippen molar-refractivity contribution < 1.29 is 18.7 Å². The first-order valence-corrected chi connectivity index (χ1v) is 8.06. The molecule has 0 fully saturated rings. The maximum Gasteiger partial charge on any atom is 0.230 e. The zero-order chi connectivity index (χ0) is 17.8. The Labute approximate surface area is 145 Å². The minimum absolute atomic E-state index is 0.0569. The molecule has 1 atom stereocenters. The molecule has 1 aliphatic heterocycles. The van der Waals surface area contributed by atoms with E-state index in [0.717, 1.165) is 5.75 Å². The number of fused-ring (bicyclic) bond motifs is 1. The van der Waals surface area contributed by atoms with Crippen molar-refractivity contribution in [2.24, 2.45) is 0 Å². The predicted octanol–water partition coefficient (Wildman–Crippen LogP) is 2.79. The number of nitrogens with one attached hydrogen (secondary N) is 1. The van der Waals surface area contributed by atoms with Gasteiger partial charge in [-0.15, -0.1) is 0 Å². The third-order valence-electron chi connectivity index (χ3n) is 4.17. The van der Waals surface area contributed by atoms with Gasteiger partial charge in [-0.05, 0) is 29.8 Å². The summed E-state index contributed by atoms with van der Waals surface area (Å²) in [6.07, 6.45) is 0.0569. The SMILES string of the molecule is CN(CCOc1ccccc1)C(=O)[C@@H]1CC(=O)Nc2cc(F)ccc21. The number of nitrogens with zero attached hydrogens (tertiary/aromatic N) is 1. The van der Waals surface area contributed by atoms with Crippen LogP contribution in [0.3, 0.4) is 0 Å². The average Bonchev–Trinajstić information content (AvgIpc) is 2.60. The zero-order valence-corrected chi connectivity index (χ0v) is 13.9. The fourth-order valence-corrected chi connectivity index (χ4v) is 2.85. The summed E-state index contributed by atoms with van der Waals surface area (Å²) in [4.78, 5) is 26.1. The van der Waals surface area contributed by atoms with E-state index >= 15 is 0 Å². The maximum absolute atomic E-state index is 13.4. The molecule has 6 heteroatoms. The van der Waals surface area contributed by atoms with Crippen LogP contribution in [0.25, 0.3) is 0 Å². The number of carbonyl (C=O) groups excluding carboxylic acids is 2. The summed E-state index contributed by atoms with van der Waals surface area (Å²) in [5.41, 5.74) is 1.00. The lowest BCUT2D eigenvalue weighted by Gasteiger charge is -2.28. The largest absolute Gasteiger partial charge is 0.492 e. The van der Waals surface area contributed by atoms with Gasteiger partial charge in [-0.2, -0.15) is 0 Å². The molecule has 25 heavy (non-hydrogen) atoms. The molecule has 1 aliphatic rings. The standard InChI is InChI=1S/C19H19FN2O3/c1-22(9-10-25-14-5-3-2-4-6-14)19(24)16-12-18(23)21-17-11-13(20)7-8-15(16)17/h2-8,11,16H,9-10,12H2,1H3,(H,21,23)/t16-/m1/s1. The van der Waals surface area contributed by atoms with E-state index in [2.05, 4.69) is 5.32 Å². The molecular weight excluding hydrogens is 323 g/mol. The first-order chi connectivity index (χ1) is 12.0. The van der Waals surface area contributed by atoms with Crippen LogP contribution in [0.2, 0.25) is 0 Å². The van der Waals surface area contributed by atoms with Crippen LogP contribution >= 0.6 is 0 Å². The van der Waals surface area contributed by atoms with Crippen molar-refractivity contribution >= 4 is 17.5 Å². The van der Waals surface area contributed by atoms with Crippen molar-refractivity contribution in [3.8, 4) is 5.75 Å². The number of likely N-dealkylation sites (N-methyl/N-ethyl adjacent to an activating group) is 1. The van der Waals surface area contributed by atoms with Crippen LogP contribution in [0, 0.1) is 5.82 Å². The van der Waals surface area contributed by atoms with Crippen molar-refractivity contribution in [1.29, 1.82) is 0 Å². The van der Waals surface area contributed by atoms with E-state index in [4.69, 9.17) is 4.74 Å². The van der Waals surface area contributed by atoms with Gasteiger partial charge in [0.15, 0.2) is 0 Å². The zero-order valence-electron chi connectivity index (χ0n) is 13.9. The van der Waals surface area contributed by atoms with Crippen LogP contribution in [-0.4, -0.2) is 36.9 Å². The topological polar surface area (TPSA) is 58.6 Å². The van der Waals surface area contributed by atoms with Crippen LogP contribution in [-0.2, 0) is 9.59 Å². The third kappa shape index (κ3) is 3.96. The van der Waals surface area contributed by atoms with Gasteiger partial charge in [0, 0.05) is 19.2 Å².